The zero-order valence-corrected chi connectivity index (χ0v) is 19.7. The van der Waals surface area contributed by atoms with Gasteiger partial charge in [0.2, 0.25) is 0 Å². The van der Waals surface area contributed by atoms with Gasteiger partial charge >= 0.3 is 6.09 Å². The van der Waals surface area contributed by atoms with Crippen molar-refractivity contribution in [1.29, 1.82) is 0 Å². The van der Waals surface area contributed by atoms with E-state index in [4.69, 9.17) is 14.2 Å². The van der Waals surface area contributed by atoms with Gasteiger partial charge in [-0.05, 0) is 23.7 Å². The standard InChI is InChI=1S/C27H34N2O5/c1-4-14-29(3)18-24-16-25(22-10-8-21(19-30)9-11-22)34-26(33-24)23-12-6-20(7-13-23)17-28-27(31)32-15-5-2/h4-13,24-26,30H,1-2,14-19H2,3H3,(H,28,31)/t24-,25+,26+/m0/s1. The van der Waals surface area contributed by atoms with Crippen LogP contribution in [0.15, 0.2) is 73.8 Å². The first-order chi connectivity index (χ1) is 16.5. The summed E-state index contributed by atoms with van der Waals surface area (Å²) < 4.78 is 17.6. The Morgan fingerprint density at radius 1 is 1.09 bits per heavy atom. The summed E-state index contributed by atoms with van der Waals surface area (Å²) in [4.78, 5) is 13.8. The van der Waals surface area contributed by atoms with Crippen LogP contribution in [-0.4, -0.2) is 48.9 Å². The molecule has 0 spiro atoms. The molecule has 0 aromatic heterocycles. The Hall–Kier alpha value is -2.97. The Morgan fingerprint density at radius 3 is 2.41 bits per heavy atom. The Labute approximate surface area is 201 Å². The molecule has 0 radical (unpaired) electrons. The minimum atomic E-state index is -0.516. The molecule has 7 heteroatoms. The summed E-state index contributed by atoms with van der Waals surface area (Å²) in [5, 5.41) is 12.1. The van der Waals surface area contributed by atoms with Gasteiger partial charge < -0.3 is 29.5 Å². The first-order valence-electron chi connectivity index (χ1n) is 11.4. The van der Waals surface area contributed by atoms with Gasteiger partial charge in [-0.3, -0.25) is 0 Å². The summed E-state index contributed by atoms with van der Waals surface area (Å²) in [5.74, 6) is 0. The predicted molar refractivity (Wildman–Crippen MR) is 131 cm³/mol. The fourth-order valence-electron chi connectivity index (χ4n) is 3.83. The zero-order chi connectivity index (χ0) is 24.3. The minimum Gasteiger partial charge on any atom is -0.445 e. The van der Waals surface area contributed by atoms with Crippen LogP contribution in [0.4, 0.5) is 4.79 Å². The molecule has 1 fully saturated rings. The number of nitrogens with one attached hydrogen (secondary N) is 1. The molecule has 1 aliphatic rings. The van der Waals surface area contributed by atoms with Crippen molar-refractivity contribution < 1.29 is 24.1 Å². The number of rotatable bonds is 11. The summed E-state index contributed by atoms with van der Waals surface area (Å²) >= 11 is 0. The maximum atomic E-state index is 11.6. The summed E-state index contributed by atoms with van der Waals surface area (Å²) in [7, 11) is 2.04. The van der Waals surface area contributed by atoms with Crippen molar-refractivity contribution in [3.8, 4) is 0 Å². The number of carbonyl (C=O) groups excluding carboxylic acids is 1. The Balaban J connectivity index is 1.70. The summed E-state index contributed by atoms with van der Waals surface area (Å²) in [6.07, 6.45) is 2.98. The minimum absolute atomic E-state index is 0.0136. The van der Waals surface area contributed by atoms with Crippen LogP contribution in [0.5, 0.6) is 0 Å². The maximum Gasteiger partial charge on any atom is 0.407 e. The molecule has 182 valence electrons. The number of aliphatic hydroxyl groups excluding tert-OH is 1. The highest BCUT2D eigenvalue weighted by atomic mass is 16.7. The third kappa shape index (κ3) is 7.53. The van der Waals surface area contributed by atoms with Gasteiger partial charge in [-0.15, -0.1) is 6.58 Å². The molecule has 0 unspecified atom stereocenters. The van der Waals surface area contributed by atoms with E-state index >= 15 is 0 Å². The third-order valence-electron chi connectivity index (χ3n) is 5.59. The fourth-order valence-corrected chi connectivity index (χ4v) is 3.83. The predicted octanol–water partition coefficient (Wildman–Crippen LogP) is 4.25. The molecule has 2 aromatic rings. The Kier molecular flexibility index (Phi) is 9.85. The lowest BCUT2D eigenvalue weighted by atomic mass is 9.99. The molecule has 2 aromatic carbocycles. The van der Waals surface area contributed by atoms with E-state index in [1.54, 1.807) is 0 Å². The van der Waals surface area contributed by atoms with Crippen molar-refractivity contribution in [3.05, 3.63) is 96.1 Å². The fraction of sp³-hybridized carbons (Fsp3) is 0.370. The van der Waals surface area contributed by atoms with E-state index in [1.165, 1.54) is 6.08 Å². The second-order valence-corrected chi connectivity index (χ2v) is 8.34. The van der Waals surface area contributed by atoms with Crippen LogP contribution in [0.1, 0.15) is 41.1 Å². The SMILES string of the molecule is C=CCOC(=O)NCc1ccc([C@@H]2O[C@H](CN(C)CC=C)C[C@H](c3ccc(CO)cc3)O2)cc1. The van der Waals surface area contributed by atoms with E-state index in [2.05, 4.69) is 23.4 Å². The number of amides is 1. The summed E-state index contributed by atoms with van der Waals surface area (Å²) in [5.41, 5.74) is 3.77. The first kappa shape index (κ1) is 25.6. The quantitative estimate of drug-likeness (QED) is 0.482. The monoisotopic (exact) mass is 466 g/mol. The molecule has 1 amide bonds. The number of hydrogen-bond donors (Lipinski definition) is 2. The molecule has 0 bridgehead atoms. The van der Waals surface area contributed by atoms with Gasteiger partial charge in [0.1, 0.15) is 6.61 Å². The number of likely N-dealkylation sites (N-methyl/N-ethyl adjacent to an activating group) is 1. The van der Waals surface area contributed by atoms with E-state index < -0.39 is 12.4 Å². The van der Waals surface area contributed by atoms with E-state index in [1.807, 2.05) is 61.7 Å². The van der Waals surface area contributed by atoms with Crippen molar-refractivity contribution in [2.24, 2.45) is 0 Å². The normalized spacial score (nSPS) is 20.0. The van der Waals surface area contributed by atoms with Gasteiger partial charge in [-0.2, -0.15) is 0 Å². The Morgan fingerprint density at radius 2 is 1.76 bits per heavy atom. The van der Waals surface area contributed by atoms with Gasteiger partial charge in [-0.1, -0.05) is 67.3 Å². The number of benzene rings is 2. The number of alkyl carbamates (subject to hydrolysis) is 1. The van der Waals surface area contributed by atoms with Crippen LogP contribution in [0.2, 0.25) is 0 Å². The molecule has 3 atom stereocenters. The lowest BCUT2D eigenvalue weighted by Crippen LogP contribution is -2.37. The number of carbonyl (C=O) groups is 1. The third-order valence-corrected chi connectivity index (χ3v) is 5.59. The summed E-state index contributed by atoms with van der Waals surface area (Å²) in [6.45, 7) is 9.42. The molecule has 34 heavy (non-hydrogen) atoms. The van der Waals surface area contributed by atoms with Gasteiger partial charge in [0.15, 0.2) is 6.29 Å². The number of ether oxygens (including phenoxy) is 3. The van der Waals surface area contributed by atoms with Gasteiger partial charge in [-0.25, -0.2) is 4.79 Å². The van der Waals surface area contributed by atoms with Crippen LogP contribution < -0.4 is 5.32 Å². The number of aliphatic hydroxyl groups is 1. The lowest BCUT2D eigenvalue weighted by molar-refractivity contribution is -0.252. The maximum absolute atomic E-state index is 11.6. The average Bonchev–Trinajstić information content (AvgIpc) is 2.86. The van der Waals surface area contributed by atoms with Crippen LogP contribution >= 0.6 is 0 Å². The molecule has 1 saturated heterocycles. The smallest absolute Gasteiger partial charge is 0.407 e. The van der Waals surface area contributed by atoms with Crippen LogP contribution in [-0.2, 0) is 27.4 Å². The molecular formula is C27H34N2O5. The zero-order valence-electron chi connectivity index (χ0n) is 19.7. The van der Waals surface area contributed by atoms with E-state index in [-0.39, 0.29) is 25.4 Å². The van der Waals surface area contributed by atoms with Crippen molar-refractivity contribution in [3.63, 3.8) is 0 Å². The highest BCUT2D eigenvalue weighted by Crippen LogP contribution is 2.38. The Bertz CT molecular complexity index is 929. The van der Waals surface area contributed by atoms with Gasteiger partial charge in [0, 0.05) is 31.6 Å². The molecule has 0 saturated carbocycles. The molecular weight excluding hydrogens is 432 g/mol. The highest BCUT2D eigenvalue weighted by molar-refractivity contribution is 5.67. The number of hydrogen-bond acceptors (Lipinski definition) is 6. The van der Waals surface area contributed by atoms with Crippen molar-refractivity contribution in [2.75, 3.05) is 26.7 Å². The topological polar surface area (TPSA) is 80.3 Å². The van der Waals surface area contributed by atoms with Crippen molar-refractivity contribution in [1.82, 2.24) is 10.2 Å². The van der Waals surface area contributed by atoms with E-state index in [0.717, 1.165) is 41.8 Å². The van der Waals surface area contributed by atoms with E-state index in [9.17, 15) is 9.90 Å². The lowest BCUT2D eigenvalue weighted by Gasteiger charge is -2.37. The molecule has 1 heterocycles. The average molecular weight is 467 g/mol. The van der Waals surface area contributed by atoms with Gasteiger partial charge in [0.05, 0.1) is 18.8 Å². The molecule has 3 rings (SSSR count). The largest absolute Gasteiger partial charge is 0.445 e. The van der Waals surface area contributed by atoms with Gasteiger partial charge in [0.25, 0.3) is 0 Å². The molecule has 0 aliphatic carbocycles. The summed E-state index contributed by atoms with van der Waals surface area (Å²) in [6, 6.07) is 15.6. The van der Waals surface area contributed by atoms with Crippen LogP contribution in [0, 0.1) is 0 Å². The highest BCUT2D eigenvalue weighted by Gasteiger charge is 2.32. The second-order valence-electron chi connectivity index (χ2n) is 8.34. The van der Waals surface area contributed by atoms with Crippen LogP contribution in [0.25, 0.3) is 0 Å². The molecule has 1 aliphatic heterocycles. The molecule has 2 N–H and O–H groups in total. The van der Waals surface area contributed by atoms with E-state index in [0.29, 0.717) is 6.54 Å². The first-order valence-corrected chi connectivity index (χ1v) is 11.4. The van der Waals surface area contributed by atoms with Crippen LogP contribution in [0.3, 0.4) is 0 Å². The van der Waals surface area contributed by atoms with Crippen molar-refractivity contribution in [2.45, 2.75) is 38.1 Å². The van der Waals surface area contributed by atoms with Crippen molar-refractivity contribution >= 4 is 6.09 Å². The number of nitrogens with zero attached hydrogens (tertiary/aromatic N) is 1. The second kappa shape index (κ2) is 13.1. The molecule has 7 nitrogen and oxygen atoms in total.